The van der Waals surface area contributed by atoms with E-state index in [9.17, 15) is 0 Å². The highest BCUT2D eigenvalue weighted by molar-refractivity contribution is 7.80. The maximum Gasteiger partial charge on any atom is 0.126 e. The SMILES string of the molecule is [CH]Nc1ccc(CCCS)cn1. The number of hydrogen-bond donors (Lipinski definition) is 2. The van der Waals surface area contributed by atoms with E-state index < -0.39 is 0 Å². The Labute approximate surface area is 78.8 Å². The van der Waals surface area contributed by atoms with Gasteiger partial charge in [0.05, 0.1) is 7.05 Å². The lowest BCUT2D eigenvalue weighted by atomic mass is 10.2. The zero-order chi connectivity index (χ0) is 8.81. The highest BCUT2D eigenvalue weighted by atomic mass is 32.1. The van der Waals surface area contributed by atoms with Crippen molar-refractivity contribution in [2.24, 2.45) is 0 Å². The fraction of sp³-hybridized carbons (Fsp3) is 0.333. The predicted molar refractivity (Wildman–Crippen MR) is 54.3 cm³/mol. The van der Waals surface area contributed by atoms with Crippen molar-refractivity contribution in [2.75, 3.05) is 11.1 Å². The Morgan fingerprint density at radius 2 is 2.33 bits per heavy atom. The van der Waals surface area contributed by atoms with E-state index in [1.807, 2.05) is 18.3 Å². The molecule has 0 aliphatic carbocycles. The zero-order valence-corrected chi connectivity index (χ0v) is 7.72. The van der Waals surface area contributed by atoms with Crippen LogP contribution in [0.4, 0.5) is 5.82 Å². The molecule has 1 aromatic rings. The van der Waals surface area contributed by atoms with Crippen molar-refractivity contribution < 1.29 is 0 Å². The standard InChI is InChI=1S/C9H12N2S/c1-10-9-5-4-8(7-11-9)3-2-6-12/h1,4-5,7,12H,2-3,6H2,(H,10,11). The van der Waals surface area contributed by atoms with E-state index in [4.69, 9.17) is 7.05 Å². The third-order valence-electron chi connectivity index (χ3n) is 1.60. The second-order valence-corrected chi connectivity index (χ2v) is 2.97. The average molecular weight is 180 g/mol. The van der Waals surface area contributed by atoms with E-state index in [1.54, 1.807) is 0 Å². The first-order valence-corrected chi connectivity index (χ1v) is 4.52. The van der Waals surface area contributed by atoms with Crippen LogP contribution in [0.2, 0.25) is 0 Å². The van der Waals surface area contributed by atoms with Crippen LogP contribution in [0, 0.1) is 7.05 Å². The van der Waals surface area contributed by atoms with Gasteiger partial charge in [-0.25, -0.2) is 4.98 Å². The van der Waals surface area contributed by atoms with Crippen molar-refractivity contribution in [3.8, 4) is 0 Å². The molecule has 0 aliphatic rings. The van der Waals surface area contributed by atoms with Gasteiger partial charge in [-0.15, -0.1) is 0 Å². The Morgan fingerprint density at radius 3 is 2.83 bits per heavy atom. The number of pyridine rings is 1. The molecule has 0 unspecified atom stereocenters. The minimum absolute atomic E-state index is 0.699. The van der Waals surface area contributed by atoms with Crippen molar-refractivity contribution in [3.63, 3.8) is 0 Å². The van der Waals surface area contributed by atoms with Crippen LogP contribution >= 0.6 is 12.6 Å². The predicted octanol–water partition coefficient (Wildman–Crippen LogP) is 2.02. The summed E-state index contributed by atoms with van der Waals surface area (Å²) in [5, 5.41) is 2.48. The molecule has 0 aliphatic heterocycles. The molecule has 0 saturated carbocycles. The Bertz CT molecular complexity index is 220. The van der Waals surface area contributed by atoms with E-state index in [1.165, 1.54) is 5.56 Å². The molecule has 3 heteroatoms. The van der Waals surface area contributed by atoms with Crippen LogP contribution in [-0.2, 0) is 6.42 Å². The molecule has 2 radical (unpaired) electrons. The van der Waals surface area contributed by atoms with E-state index in [0.29, 0.717) is 5.82 Å². The molecular formula is C9H12N2S. The Morgan fingerprint density at radius 1 is 1.50 bits per heavy atom. The number of hydrogen-bond acceptors (Lipinski definition) is 3. The first-order chi connectivity index (χ1) is 5.86. The fourth-order valence-electron chi connectivity index (χ4n) is 0.941. The molecular weight excluding hydrogens is 168 g/mol. The van der Waals surface area contributed by atoms with Crippen LogP contribution < -0.4 is 5.32 Å². The van der Waals surface area contributed by atoms with E-state index in [0.717, 1.165) is 18.6 Å². The number of anilines is 1. The van der Waals surface area contributed by atoms with Crippen LogP contribution in [0.5, 0.6) is 0 Å². The summed E-state index contributed by atoms with van der Waals surface area (Å²) in [5.41, 5.74) is 1.23. The lowest BCUT2D eigenvalue weighted by molar-refractivity contribution is 0.928. The van der Waals surface area contributed by atoms with Gasteiger partial charge in [-0.1, -0.05) is 6.07 Å². The van der Waals surface area contributed by atoms with Crippen LogP contribution in [0.3, 0.4) is 0 Å². The van der Waals surface area contributed by atoms with Gasteiger partial charge in [0.25, 0.3) is 0 Å². The van der Waals surface area contributed by atoms with Crippen molar-refractivity contribution >= 4 is 18.4 Å². The minimum Gasteiger partial charge on any atom is -0.363 e. The molecule has 1 heterocycles. The molecule has 1 N–H and O–H groups in total. The summed E-state index contributed by atoms with van der Waals surface area (Å²) in [6.45, 7) is 0. The molecule has 0 amide bonds. The van der Waals surface area contributed by atoms with E-state index >= 15 is 0 Å². The summed E-state index contributed by atoms with van der Waals surface area (Å²) in [5.74, 6) is 1.61. The monoisotopic (exact) mass is 180 g/mol. The number of thiol groups is 1. The summed E-state index contributed by atoms with van der Waals surface area (Å²) in [6.07, 6.45) is 3.94. The van der Waals surface area contributed by atoms with Crippen molar-refractivity contribution in [2.45, 2.75) is 12.8 Å². The number of rotatable bonds is 4. The minimum atomic E-state index is 0.699. The molecule has 0 saturated heterocycles. The van der Waals surface area contributed by atoms with Gasteiger partial charge < -0.3 is 5.32 Å². The lowest BCUT2D eigenvalue weighted by Crippen LogP contribution is -1.91. The van der Waals surface area contributed by atoms with Gasteiger partial charge >= 0.3 is 0 Å². The largest absolute Gasteiger partial charge is 0.363 e. The molecule has 0 atom stereocenters. The molecule has 0 fully saturated rings. The first kappa shape index (κ1) is 9.39. The zero-order valence-electron chi connectivity index (χ0n) is 6.83. The van der Waals surface area contributed by atoms with Crippen LogP contribution in [0.15, 0.2) is 18.3 Å². The van der Waals surface area contributed by atoms with Crippen molar-refractivity contribution in [3.05, 3.63) is 30.9 Å². The number of aryl methyl sites for hydroxylation is 1. The summed E-state index contributed by atoms with van der Waals surface area (Å²) < 4.78 is 0. The third-order valence-corrected chi connectivity index (χ3v) is 1.91. The van der Waals surface area contributed by atoms with Gasteiger partial charge in [0.2, 0.25) is 0 Å². The van der Waals surface area contributed by atoms with Crippen LogP contribution in [0.1, 0.15) is 12.0 Å². The number of nitrogens with one attached hydrogen (secondary N) is 1. The number of aromatic nitrogens is 1. The molecule has 0 spiro atoms. The highest BCUT2D eigenvalue weighted by Crippen LogP contribution is 2.06. The second-order valence-electron chi connectivity index (χ2n) is 2.52. The lowest BCUT2D eigenvalue weighted by Gasteiger charge is -2.00. The van der Waals surface area contributed by atoms with E-state index in [-0.39, 0.29) is 0 Å². The fourth-order valence-corrected chi connectivity index (χ4v) is 1.10. The normalized spacial score (nSPS) is 9.83. The number of nitrogens with zero attached hydrogens (tertiary/aromatic N) is 1. The molecule has 0 aromatic carbocycles. The Hall–Kier alpha value is -0.700. The second kappa shape index (κ2) is 5.04. The van der Waals surface area contributed by atoms with Gasteiger partial charge in [-0.2, -0.15) is 12.6 Å². The smallest absolute Gasteiger partial charge is 0.126 e. The van der Waals surface area contributed by atoms with E-state index in [2.05, 4.69) is 22.9 Å². The highest BCUT2D eigenvalue weighted by Gasteiger charge is 1.93. The van der Waals surface area contributed by atoms with Gasteiger partial charge in [0.15, 0.2) is 0 Å². The maximum atomic E-state index is 5.18. The molecule has 0 bridgehead atoms. The summed E-state index contributed by atoms with van der Waals surface area (Å²) in [4.78, 5) is 4.09. The summed E-state index contributed by atoms with van der Waals surface area (Å²) in [6, 6.07) is 3.89. The van der Waals surface area contributed by atoms with Gasteiger partial charge in [-0.3, -0.25) is 0 Å². The van der Waals surface area contributed by atoms with Crippen molar-refractivity contribution in [1.29, 1.82) is 0 Å². The molecule has 12 heavy (non-hydrogen) atoms. The van der Waals surface area contributed by atoms with Gasteiger partial charge in [0.1, 0.15) is 5.82 Å². The summed E-state index contributed by atoms with van der Waals surface area (Å²) >= 11 is 4.14. The molecule has 1 aromatic heterocycles. The summed E-state index contributed by atoms with van der Waals surface area (Å²) in [7, 11) is 5.18. The van der Waals surface area contributed by atoms with Gasteiger partial charge in [0, 0.05) is 6.20 Å². The average Bonchev–Trinajstić information content (AvgIpc) is 2.15. The topological polar surface area (TPSA) is 24.9 Å². The Balaban J connectivity index is 2.53. The Kier molecular flexibility index (Phi) is 3.94. The molecule has 1 rings (SSSR count). The van der Waals surface area contributed by atoms with Crippen molar-refractivity contribution in [1.82, 2.24) is 4.98 Å². The molecule has 64 valence electrons. The quantitative estimate of drug-likeness (QED) is 0.547. The molecule has 2 nitrogen and oxygen atoms in total. The maximum absolute atomic E-state index is 5.18. The van der Waals surface area contributed by atoms with Gasteiger partial charge in [-0.05, 0) is 30.2 Å². The van der Waals surface area contributed by atoms with Crippen LogP contribution in [0.25, 0.3) is 0 Å². The third kappa shape index (κ3) is 2.74. The van der Waals surface area contributed by atoms with Crippen LogP contribution in [-0.4, -0.2) is 10.7 Å². The first-order valence-electron chi connectivity index (χ1n) is 3.89.